The van der Waals surface area contributed by atoms with Crippen LogP contribution >= 0.6 is 0 Å². The molecule has 0 aromatic heterocycles. The second-order valence-electron chi connectivity index (χ2n) is 7.14. The number of aliphatic hydroxyl groups is 1. The van der Waals surface area contributed by atoms with Crippen LogP contribution in [0.4, 0.5) is 0 Å². The maximum absolute atomic E-state index is 10.3. The Kier molecular flexibility index (Phi) is 3.43. The second kappa shape index (κ2) is 5.25. The standard InChI is InChI=1S/C19H25NO3/c1-3-20-9-8-19-11-13(21)5-6-14(19)15(20)10-12-4-7-16(22)18(23-2)17(12)19/h4-7,13-15,21-22H,3,8-11H2,1-2H3/t13?,14-,15+,19-/m0/s1. The average Bonchev–Trinajstić information content (AvgIpc) is 2.55. The number of phenols is 1. The van der Waals surface area contributed by atoms with Crippen LogP contribution in [0.1, 0.15) is 30.9 Å². The minimum Gasteiger partial charge on any atom is -0.504 e. The van der Waals surface area contributed by atoms with Crippen LogP contribution in [-0.2, 0) is 11.8 Å². The van der Waals surface area contributed by atoms with Crippen LogP contribution in [0.3, 0.4) is 0 Å². The van der Waals surface area contributed by atoms with Crippen molar-refractivity contribution in [1.82, 2.24) is 4.90 Å². The Bertz CT molecular complexity index is 656. The Balaban J connectivity index is 1.96. The van der Waals surface area contributed by atoms with Gasteiger partial charge in [-0.2, -0.15) is 0 Å². The summed E-state index contributed by atoms with van der Waals surface area (Å²) in [5.41, 5.74) is 2.28. The van der Waals surface area contributed by atoms with Crippen LogP contribution in [0.5, 0.6) is 11.5 Å². The number of hydrogen-bond acceptors (Lipinski definition) is 4. The van der Waals surface area contributed by atoms with Crippen molar-refractivity contribution in [1.29, 1.82) is 0 Å². The zero-order chi connectivity index (χ0) is 16.2. The lowest BCUT2D eigenvalue weighted by Gasteiger charge is -2.58. The van der Waals surface area contributed by atoms with Gasteiger partial charge in [0.1, 0.15) is 0 Å². The monoisotopic (exact) mass is 315 g/mol. The average molecular weight is 315 g/mol. The fraction of sp³-hybridized carbons (Fsp3) is 0.579. The van der Waals surface area contributed by atoms with Crippen LogP contribution in [0.15, 0.2) is 24.3 Å². The smallest absolute Gasteiger partial charge is 0.164 e. The predicted octanol–water partition coefficient (Wildman–Crippen LogP) is 2.23. The number of ether oxygens (including phenoxy) is 1. The highest BCUT2D eigenvalue weighted by atomic mass is 16.5. The van der Waals surface area contributed by atoms with Gasteiger partial charge in [0.05, 0.1) is 13.2 Å². The summed E-state index contributed by atoms with van der Waals surface area (Å²) in [7, 11) is 1.63. The first-order valence-corrected chi connectivity index (χ1v) is 8.60. The van der Waals surface area contributed by atoms with E-state index in [9.17, 15) is 10.2 Å². The summed E-state index contributed by atoms with van der Waals surface area (Å²) < 4.78 is 5.60. The number of aromatic hydroxyl groups is 1. The van der Waals surface area contributed by atoms with Crippen molar-refractivity contribution in [3.8, 4) is 11.5 Å². The van der Waals surface area contributed by atoms with Crippen LogP contribution < -0.4 is 4.74 Å². The molecule has 2 aliphatic carbocycles. The lowest BCUT2D eigenvalue weighted by Crippen LogP contribution is -2.61. The van der Waals surface area contributed by atoms with E-state index in [1.54, 1.807) is 13.2 Å². The van der Waals surface area contributed by atoms with Gasteiger partial charge in [-0.15, -0.1) is 0 Å². The molecule has 124 valence electrons. The fourth-order valence-corrected chi connectivity index (χ4v) is 5.31. The summed E-state index contributed by atoms with van der Waals surface area (Å²) in [6, 6.07) is 4.26. The molecule has 1 aliphatic heterocycles. The van der Waals surface area contributed by atoms with E-state index in [4.69, 9.17) is 4.74 Å². The van der Waals surface area contributed by atoms with E-state index in [1.807, 2.05) is 12.1 Å². The number of hydrogen-bond donors (Lipinski definition) is 2. The molecular formula is C19H25NO3. The van der Waals surface area contributed by atoms with Gasteiger partial charge in [-0.05, 0) is 44.0 Å². The first kappa shape index (κ1) is 15.0. The second-order valence-corrected chi connectivity index (χ2v) is 7.14. The molecule has 4 rings (SSSR count). The summed E-state index contributed by atoms with van der Waals surface area (Å²) in [6.45, 7) is 4.32. The molecule has 3 aliphatic rings. The summed E-state index contributed by atoms with van der Waals surface area (Å²) in [5, 5.41) is 20.6. The molecule has 0 saturated carbocycles. The highest BCUT2D eigenvalue weighted by Gasteiger charge is 2.55. The molecule has 0 spiro atoms. The summed E-state index contributed by atoms with van der Waals surface area (Å²) in [5.74, 6) is 1.20. The number of nitrogens with zero attached hydrogens (tertiary/aromatic N) is 1. The molecule has 0 amide bonds. The molecule has 1 aromatic carbocycles. The van der Waals surface area contributed by atoms with E-state index in [1.165, 1.54) is 5.56 Å². The summed E-state index contributed by atoms with van der Waals surface area (Å²) >= 11 is 0. The highest BCUT2D eigenvalue weighted by Crippen LogP contribution is 2.57. The van der Waals surface area contributed by atoms with E-state index < -0.39 is 6.10 Å². The van der Waals surface area contributed by atoms with Crippen molar-refractivity contribution in [3.63, 3.8) is 0 Å². The minimum absolute atomic E-state index is 0.123. The number of fused-ring (bicyclic) bond motifs is 1. The largest absolute Gasteiger partial charge is 0.504 e. The van der Waals surface area contributed by atoms with Gasteiger partial charge in [0, 0.05) is 22.9 Å². The third-order valence-electron chi connectivity index (χ3n) is 6.24. The summed E-state index contributed by atoms with van der Waals surface area (Å²) in [6.07, 6.45) is 6.44. The maximum atomic E-state index is 10.3. The summed E-state index contributed by atoms with van der Waals surface area (Å²) in [4.78, 5) is 2.56. The Labute approximate surface area is 137 Å². The molecule has 1 heterocycles. The number of rotatable bonds is 2. The molecule has 2 bridgehead atoms. The third kappa shape index (κ3) is 1.98. The van der Waals surface area contributed by atoms with Crippen LogP contribution in [0, 0.1) is 5.92 Å². The highest BCUT2D eigenvalue weighted by molar-refractivity contribution is 5.57. The lowest BCUT2D eigenvalue weighted by atomic mass is 9.53. The minimum atomic E-state index is -0.418. The van der Waals surface area contributed by atoms with E-state index in [0.29, 0.717) is 17.7 Å². The number of methoxy groups -OCH3 is 1. The normalized spacial score (nSPS) is 35.5. The van der Waals surface area contributed by atoms with E-state index >= 15 is 0 Å². The van der Waals surface area contributed by atoms with Gasteiger partial charge >= 0.3 is 0 Å². The van der Waals surface area contributed by atoms with Gasteiger partial charge in [-0.25, -0.2) is 0 Å². The van der Waals surface area contributed by atoms with E-state index in [-0.39, 0.29) is 11.2 Å². The molecule has 4 atom stereocenters. The van der Waals surface area contributed by atoms with Gasteiger partial charge in [0.15, 0.2) is 11.5 Å². The number of aliphatic hydroxyl groups excluding tert-OH is 1. The molecular weight excluding hydrogens is 290 g/mol. The molecule has 0 radical (unpaired) electrons. The van der Waals surface area contributed by atoms with Crippen LogP contribution in [0.2, 0.25) is 0 Å². The third-order valence-corrected chi connectivity index (χ3v) is 6.24. The van der Waals surface area contributed by atoms with Crippen molar-refractivity contribution >= 4 is 0 Å². The first-order valence-electron chi connectivity index (χ1n) is 8.60. The van der Waals surface area contributed by atoms with E-state index in [0.717, 1.165) is 37.9 Å². The lowest BCUT2D eigenvalue weighted by molar-refractivity contribution is 0.00866. The van der Waals surface area contributed by atoms with Crippen molar-refractivity contribution < 1.29 is 14.9 Å². The topological polar surface area (TPSA) is 52.9 Å². The van der Waals surface area contributed by atoms with Gasteiger partial charge in [-0.3, -0.25) is 4.90 Å². The Morgan fingerprint density at radius 1 is 1.35 bits per heavy atom. The molecule has 2 N–H and O–H groups in total. The number of phenolic OH excluding ortho intramolecular Hbond substituents is 1. The SMILES string of the molecule is CCN1CC[C@]23CC(O)C=C[C@H]2[C@H]1Cc1ccc(O)c(OC)c13. The predicted molar refractivity (Wildman–Crippen MR) is 88.9 cm³/mol. The molecule has 4 heteroatoms. The van der Waals surface area contributed by atoms with Gasteiger partial charge < -0.3 is 14.9 Å². The zero-order valence-corrected chi connectivity index (χ0v) is 13.8. The van der Waals surface area contributed by atoms with Gasteiger partial charge in [-0.1, -0.05) is 25.1 Å². The zero-order valence-electron chi connectivity index (χ0n) is 13.8. The molecule has 1 unspecified atom stereocenters. The van der Waals surface area contributed by atoms with Crippen molar-refractivity contribution in [3.05, 3.63) is 35.4 Å². The molecule has 1 saturated heterocycles. The Hall–Kier alpha value is -1.52. The Morgan fingerprint density at radius 2 is 2.17 bits per heavy atom. The number of piperidine rings is 1. The van der Waals surface area contributed by atoms with Crippen LogP contribution in [0.25, 0.3) is 0 Å². The molecule has 1 fully saturated rings. The first-order chi connectivity index (χ1) is 11.1. The van der Waals surface area contributed by atoms with E-state index in [2.05, 4.69) is 17.9 Å². The van der Waals surface area contributed by atoms with Crippen molar-refractivity contribution in [2.45, 2.75) is 43.7 Å². The molecule has 23 heavy (non-hydrogen) atoms. The fourth-order valence-electron chi connectivity index (χ4n) is 5.31. The Morgan fingerprint density at radius 3 is 2.91 bits per heavy atom. The number of benzene rings is 1. The number of likely N-dealkylation sites (tertiary alicyclic amines) is 1. The van der Waals surface area contributed by atoms with Gasteiger partial charge in [0.2, 0.25) is 0 Å². The quantitative estimate of drug-likeness (QED) is 0.822. The van der Waals surface area contributed by atoms with Gasteiger partial charge in [0.25, 0.3) is 0 Å². The van der Waals surface area contributed by atoms with Crippen LogP contribution in [-0.4, -0.2) is 47.5 Å². The number of likely N-dealkylation sites (N-methyl/N-ethyl adjacent to an activating group) is 1. The maximum Gasteiger partial charge on any atom is 0.164 e. The molecule has 1 aromatic rings. The molecule has 4 nitrogen and oxygen atoms in total. The van der Waals surface area contributed by atoms with Crippen molar-refractivity contribution in [2.75, 3.05) is 20.2 Å². The van der Waals surface area contributed by atoms with Crippen molar-refractivity contribution in [2.24, 2.45) is 5.92 Å².